The number of carbonyl (C=O) groups excluding carboxylic acids is 1. The van der Waals surface area contributed by atoms with E-state index in [9.17, 15) is 4.79 Å². The molecule has 40 valence electrons. The molecule has 0 aromatic rings. The fourth-order valence-electron chi connectivity index (χ4n) is 0.154. The van der Waals surface area contributed by atoms with Crippen molar-refractivity contribution in [2.45, 2.75) is 0 Å². The Morgan fingerprint density at radius 1 is 1.71 bits per heavy atom. The van der Waals surface area contributed by atoms with Crippen LogP contribution in [0, 0.1) is 0 Å². The van der Waals surface area contributed by atoms with Crippen molar-refractivity contribution in [2.24, 2.45) is 0 Å². The number of carbonyl (C=O) groups is 1. The fraction of sp³-hybridized carbons (Fsp3) is 0.500. The van der Waals surface area contributed by atoms with Gasteiger partial charge in [-0.3, -0.25) is 4.79 Å². The van der Waals surface area contributed by atoms with Gasteiger partial charge in [0.25, 0.3) is 0 Å². The van der Waals surface area contributed by atoms with Crippen LogP contribution in [-0.4, -0.2) is 30.0 Å². The van der Waals surface area contributed by atoms with E-state index in [4.69, 9.17) is 10.0 Å². The summed E-state index contributed by atoms with van der Waals surface area (Å²) in [6.07, 6.45) is 0.295. The molecule has 1 amide bonds. The van der Waals surface area contributed by atoms with Crippen LogP contribution in [-0.2, 0) is 4.79 Å². The standard InChI is InChI=1S/C2H6BNO3/c5-2-4-1-3(6)7/h2,6-7H,1H2,(H,4,5). The number of hydrogen-bond donors (Lipinski definition) is 3. The lowest BCUT2D eigenvalue weighted by atomic mass is 9.93. The van der Waals surface area contributed by atoms with Gasteiger partial charge in [0.15, 0.2) is 0 Å². The second-order valence-corrected chi connectivity index (χ2v) is 1.01. The highest BCUT2D eigenvalue weighted by Gasteiger charge is 2.02. The van der Waals surface area contributed by atoms with Gasteiger partial charge in [-0.25, -0.2) is 0 Å². The van der Waals surface area contributed by atoms with E-state index in [0.29, 0.717) is 6.41 Å². The smallest absolute Gasteiger partial charge is 0.426 e. The molecule has 0 aliphatic heterocycles. The highest BCUT2D eigenvalue weighted by molar-refractivity contribution is 6.41. The average Bonchev–Trinajstić information content (AvgIpc) is 1.61. The normalized spacial score (nSPS) is 7.71. The Kier molecular flexibility index (Phi) is 3.35. The first-order chi connectivity index (χ1) is 3.27. The van der Waals surface area contributed by atoms with Crippen LogP contribution in [0.25, 0.3) is 0 Å². The van der Waals surface area contributed by atoms with Gasteiger partial charge < -0.3 is 15.4 Å². The minimum Gasteiger partial charge on any atom is -0.426 e. The number of amides is 1. The minimum atomic E-state index is -1.44. The van der Waals surface area contributed by atoms with Crippen molar-refractivity contribution in [1.29, 1.82) is 0 Å². The fourth-order valence-corrected chi connectivity index (χ4v) is 0.154. The molecule has 4 nitrogen and oxygen atoms in total. The molecule has 0 spiro atoms. The highest BCUT2D eigenvalue weighted by atomic mass is 16.4. The van der Waals surface area contributed by atoms with Gasteiger partial charge in [0.1, 0.15) is 0 Å². The van der Waals surface area contributed by atoms with Crippen LogP contribution in [0.15, 0.2) is 0 Å². The molecule has 5 heteroatoms. The van der Waals surface area contributed by atoms with Crippen LogP contribution in [0.5, 0.6) is 0 Å². The molecule has 7 heavy (non-hydrogen) atoms. The zero-order valence-electron chi connectivity index (χ0n) is 3.66. The molecule has 0 aromatic carbocycles. The van der Waals surface area contributed by atoms with Crippen LogP contribution < -0.4 is 5.32 Å². The van der Waals surface area contributed by atoms with Crippen LogP contribution >= 0.6 is 0 Å². The molecular formula is C2H6BNO3. The van der Waals surface area contributed by atoms with Crippen LogP contribution in [0.3, 0.4) is 0 Å². The maximum Gasteiger partial charge on any atom is 0.472 e. The largest absolute Gasteiger partial charge is 0.472 e. The SMILES string of the molecule is O=CNCB(O)O. The van der Waals surface area contributed by atoms with Crippen LogP contribution in [0.1, 0.15) is 0 Å². The first kappa shape index (κ1) is 6.45. The summed E-state index contributed by atoms with van der Waals surface area (Å²) < 4.78 is 0. The van der Waals surface area contributed by atoms with E-state index in [2.05, 4.69) is 5.32 Å². The monoisotopic (exact) mass is 103 g/mol. The molecule has 0 radical (unpaired) electrons. The van der Waals surface area contributed by atoms with E-state index in [0.717, 1.165) is 0 Å². The molecule has 0 aromatic heterocycles. The first-order valence-corrected chi connectivity index (χ1v) is 1.80. The predicted octanol–water partition coefficient (Wildman–Crippen LogP) is -2.26. The molecule has 0 aliphatic rings. The van der Waals surface area contributed by atoms with Crippen molar-refractivity contribution in [1.82, 2.24) is 5.32 Å². The van der Waals surface area contributed by atoms with Gasteiger partial charge in [0, 0.05) is 0 Å². The third-order valence-electron chi connectivity index (χ3n) is 0.384. The summed E-state index contributed by atoms with van der Waals surface area (Å²) in [5, 5.41) is 18.1. The van der Waals surface area contributed by atoms with E-state index in [1.807, 2.05) is 0 Å². The first-order valence-electron chi connectivity index (χ1n) is 1.80. The Labute approximate surface area is 41.3 Å². The predicted molar refractivity (Wildman–Crippen MR) is 24.3 cm³/mol. The molecule has 0 saturated carbocycles. The second-order valence-electron chi connectivity index (χ2n) is 1.01. The molecule has 0 atom stereocenters. The molecule has 0 saturated heterocycles. The summed E-state index contributed by atoms with van der Waals surface area (Å²) in [7, 11) is -1.44. The molecule has 0 bridgehead atoms. The van der Waals surface area contributed by atoms with Gasteiger partial charge >= 0.3 is 7.12 Å². The summed E-state index contributed by atoms with van der Waals surface area (Å²) in [6, 6.07) is 0. The molecule has 0 heterocycles. The topological polar surface area (TPSA) is 69.6 Å². The second kappa shape index (κ2) is 3.64. The number of nitrogens with one attached hydrogen (secondary N) is 1. The van der Waals surface area contributed by atoms with Crippen molar-refractivity contribution in [3.8, 4) is 0 Å². The zero-order chi connectivity index (χ0) is 5.70. The van der Waals surface area contributed by atoms with Gasteiger partial charge in [-0.15, -0.1) is 0 Å². The Morgan fingerprint density at radius 2 is 2.29 bits per heavy atom. The third kappa shape index (κ3) is 5.45. The minimum absolute atomic E-state index is 0.108. The summed E-state index contributed by atoms with van der Waals surface area (Å²) in [5.41, 5.74) is 0. The van der Waals surface area contributed by atoms with Gasteiger partial charge in [0.05, 0.1) is 6.44 Å². The quantitative estimate of drug-likeness (QED) is 0.279. The third-order valence-corrected chi connectivity index (χ3v) is 0.384. The molecule has 3 N–H and O–H groups in total. The maximum absolute atomic E-state index is 9.38. The lowest BCUT2D eigenvalue weighted by molar-refractivity contribution is -0.109. The van der Waals surface area contributed by atoms with Crippen LogP contribution in [0.4, 0.5) is 0 Å². The average molecular weight is 103 g/mol. The number of rotatable bonds is 3. The van der Waals surface area contributed by atoms with Gasteiger partial charge in [0.2, 0.25) is 6.41 Å². The molecule has 0 fully saturated rings. The summed E-state index contributed by atoms with van der Waals surface area (Å²) in [5.74, 6) is 0. The molecule has 0 rings (SSSR count). The van der Waals surface area contributed by atoms with E-state index in [1.165, 1.54) is 0 Å². The van der Waals surface area contributed by atoms with Crippen molar-refractivity contribution in [3.63, 3.8) is 0 Å². The Bertz CT molecular complexity index is 56.9. The number of hydrogen-bond acceptors (Lipinski definition) is 3. The Hall–Kier alpha value is -0.545. The maximum atomic E-state index is 9.38. The molecule has 0 aliphatic carbocycles. The van der Waals surface area contributed by atoms with E-state index < -0.39 is 7.12 Å². The van der Waals surface area contributed by atoms with Gasteiger partial charge in [-0.2, -0.15) is 0 Å². The van der Waals surface area contributed by atoms with Crippen molar-refractivity contribution >= 4 is 13.5 Å². The van der Waals surface area contributed by atoms with Crippen LogP contribution in [0.2, 0.25) is 0 Å². The molecule has 0 unspecified atom stereocenters. The van der Waals surface area contributed by atoms with Gasteiger partial charge in [-0.1, -0.05) is 0 Å². The van der Waals surface area contributed by atoms with E-state index in [-0.39, 0.29) is 6.44 Å². The summed E-state index contributed by atoms with van der Waals surface area (Å²) >= 11 is 0. The summed E-state index contributed by atoms with van der Waals surface area (Å²) in [4.78, 5) is 9.38. The van der Waals surface area contributed by atoms with Crippen molar-refractivity contribution in [3.05, 3.63) is 0 Å². The van der Waals surface area contributed by atoms with E-state index in [1.54, 1.807) is 0 Å². The molecular weight excluding hydrogens is 96.8 g/mol. The van der Waals surface area contributed by atoms with Crippen molar-refractivity contribution in [2.75, 3.05) is 6.44 Å². The lowest BCUT2D eigenvalue weighted by Crippen LogP contribution is -2.29. The highest BCUT2D eigenvalue weighted by Crippen LogP contribution is 1.57. The lowest BCUT2D eigenvalue weighted by Gasteiger charge is -1.91. The van der Waals surface area contributed by atoms with Crippen molar-refractivity contribution < 1.29 is 14.8 Å². The summed E-state index contributed by atoms with van der Waals surface area (Å²) in [6.45, 7) is 0. The van der Waals surface area contributed by atoms with Gasteiger partial charge in [-0.05, 0) is 0 Å². The Morgan fingerprint density at radius 3 is 2.43 bits per heavy atom. The van der Waals surface area contributed by atoms with E-state index >= 15 is 0 Å². The Balaban J connectivity index is 2.81. The zero-order valence-corrected chi connectivity index (χ0v) is 3.66.